The standard InChI is InChI=1S/C18H17BrN4O2/c1-23-18(24)17(19)15(11-22-23)21-10-14-7-8-20-16(9-14)25-12-13-5-3-2-4-6-13/h2-9,11,21H,10,12H2,1H3. The van der Waals surface area contributed by atoms with Gasteiger partial charge in [-0.15, -0.1) is 0 Å². The highest BCUT2D eigenvalue weighted by Gasteiger charge is 2.07. The number of anilines is 1. The molecule has 128 valence electrons. The van der Waals surface area contributed by atoms with Crippen LogP contribution in [0.4, 0.5) is 5.69 Å². The van der Waals surface area contributed by atoms with Crippen molar-refractivity contribution in [3.05, 3.63) is 80.8 Å². The Morgan fingerprint density at radius 3 is 2.80 bits per heavy atom. The monoisotopic (exact) mass is 400 g/mol. The Morgan fingerprint density at radius 1 is 1.20 bits per heavy atom. The van der Waals surface area contributed by atoms with Gasteiger partial charge in [-0.25, -0.2) is 9.67 Å². The van der Waals surface area contributed by atoms with Crippen molar-refractivity contribution in [3.8, 4) is 5.88 Å². The fourth-order valence-electron chi connectivity index (χ4n) is 2.20. The van der Waals surface area contributed by atoms with Crippen LogP contribution < -0.4 is 15.6 Å². The van der Waals surface area contributed by atoms with Crippen LogP contribution in [0.1, 0.15) is 11.1 Å². The molecule has 1 aromatic carbocycles. The summed E-state index contributed by atoms with van der Waals surface area (Å²) in [5.74, 6) is 0.560. The molecule has 0 amide bonds. The summed E-state index contributed by atoms with van der Waals surface area (Å²) in [6, 6.07) is 13.7. The van der Waals surface area contributed by atoms with E-state index in [0.717, 1.165) is 11.1 Å². The summed E-state index contributed by atoms with van der Waals surface area (Å²) in [5.41, 5.74) is 2.53. The van der Waals surface area contributed by atoms with E-state index >= 15 is 0 Å². The SMILES string of the molecule is Cn1ncc(NCc2ccnc(OCc3ccccc3)c2)c(Br)c1=O. The minimum absolute atomic E-state index is 0.188. The Labute approximate surface area is 153 Å². The largest absolute Gasteiger partial charge is 0.473 e. The summed E-state index contributed by atoms with van der Waals surface area (Å²) in [4.78, 5) is 16.1. The van der Waals surface area contributed by atoms with Gasteiger partial charge in [-0.1, -0.05) is 30.3 Å². The van der Waals surface area contributed by atoms with Gasteiger partial charge in [-0.2, -0.15) is 5.10 Å². The van der Waals surface area contributed by atoms with Crippen LogP contribution in [0.15, 0.2) is 64.1 Å². The molecule has 0 spiro atoms. The fraction of sp³-hybridized carbons (Fsp3) is 0.167. The van der Waals surface area contributed by atoms with Crippen LogP contribution in [-0.2, 0) is 20.2 Å². The van der Waals surface area contributed by atoms with Gasteiger partial charge < -0.3 is 10.1 Å². The van der Waals surface area contributed by atoms with Gasteiger partial charge in [0, 0.05) is 25.9 Å². The van der Waals surface area contributed by atoms with Crippen molar-refractivity contribution >= 4 is 21.6 Å². The lowest BCUT2D eigenvalue weighted by Gasteiger charge is -2.10. The molecule has 0 saturated carbocycles. The zero-order chi connectivity index (χ0) is 17.6. The van der Waals surface area contributed by atoms with Crippen molar-refractivity contribution in [2.24, 2.45) is 7.05 Å². The summed E-state index contributed by atoms with van der Waals surface area (Å²) in [6.07, 6.45) is 3.31. The number of hydrogen-bond donors (Lipinski definition) is 1. The first-order chi connectivity index (χ1) is 12.1. The van der Waals surface area contributed by atoms with Gasteiger partial charge in [0.1, 0.15) is 11.1 Å². The highest BCUT2D eigenvalue weighted by atomic mass is 79.9. The molecule has 0 aliphatic heterocycles. The van der Waals surface area contributed by atoms with Gasteiger partial charge in [-0.3, -0.25) is 4.79 Å². The third kappa shape index (κ3) is 4.45. The zero-order valence-electron chi connectivity index (χ0n) is 13.6. The molecule has 0 aliphatic rings. The van der Waals surface area contributed by atoms with Gasteiger partial charge in [0.2, 0.25) is 5.88 Å². The number of nitrogens with zero attached hydrogens (tertiary/aromatic N) is 3. The molecule has 0 saturated heterocycles. The van der Waals surface area contributed by atoms with Crippen molar-refractivity contribution in [2.75, 3.05) is 5.32 Å². The third-order valence-corrected chi connectivity index (χ3v) is 4.36. The average molecular weight is 401 g/mol. The molecule has 7 heteroatoms. The predicted octanol–water partition coefficient (Wildman–Crippen LogP) is 3.13. The van der Waals surface area contributed by atoms with E-state index in [9.17, 15) is 4.79 Å². The van der Waals surface area contributed by atoms with Crippen LogP contribution in [0.2, 0.25) is 0 Å². The average Bonchev–Trinajstić information content (AvgIpc) is 2.65. The molecule has 25 heavy (non-hydrogen) atoms. The molecule has 3 aromatic rings. The Balaban J connectivity index is 1.64. The highest BCUT2D eigenvalue weighted by molar-refractivity contribution is 9.10. The number of hydrogen-bond acceptors (Lipinski definition) is 5. The Kier molecular flexibility index (Phi) is 5.45. The smallest absolute Gasteiger partial charge is 0.282 e. The number of ether oxygens (including phenoxy) is 1. The molecule has 1 N–H and O–H groups in total. The second-order valence-corrected chi connectivity index (χ2v) is 6.22. The molecular formula is C18H17BrN4O2. The van der Waals surface area contributed by atoms with Gasteiger partial charge in [-0.05, 0) is 33.1 Å². The zero-order valence-corrected chi connectivity index (χ0v) is 15.2. The Bertz CT molecular complexity index is 912. The van der Waals surface area contributed by atoms with Crippen LogP contribution >= 0.6 is 15.9 Å². The summed E-state index contributed by atoms with van der Waals surface area (Å²) < 4.78 is 7.46. The number of nitrogens with one attached hydrogen (secondary N) is 1. The molecule has 0 unspecified atom stereocenters. The van der Waals surface area contributed by atoms with E-state index in [4.69, 9.17) is 4.74 Å². The second kappa shape index (κ2) is 7.94. The molecule has 0 aliphatic carbocycles. The van der Waals surface area contributed by atoms with E-state index in [-0.39, 0.29) is 5.56 Å². The Hall–Kier alpha value is -2.67. The van der Waals surface area contributed by atoms with Crippen molar-refractivity contribution in [1.29, 1.82) is 0 Å². The summed E-state index contributed by atoms with van der Waals surface area (Å²) in [5, 5.41) is 7.20. The fourth-order valence-corrected chi connectivity index (χ4v) is 2.70. The van der Waals surface area contributed by atoms with Crippen LogP contribution in [0, 0.1) is 0 Å². The van der Waals surface area contributed by atoms with E-state index in [1.807, 2.05) is 42.5 Å². The molecular weight excluding hydrogens is 384 g/mol. The van der Waals surface area contributed by atoms with Crippen LogP contribution in [0.3, 0.4) is 0 Å². The first kappa shape index (κ1) is 17.2. The van der Waals surface area contributed by atoms with Crippen LogP contribution in [-0.4, -0.2) is 14.8 Å². The topological polar surface area (TPSA) is 69.0 Å². The predicted molar refractivity (Wildman–Crippen MR) is 99.5 cm³/mol. The second-order valence-electron chi connectivity index (χ2n) is 5.43. The maximum Gasteiger partial charge on any atom is 0.282 e. The Morgan fingerprint density at radius 2 is 2.00 bits per heavy atom. The lowest BCUT2D eigenvalue weighted by atomic mass is 10.2. The first-order valence-corrected chi connectivity index (χ1v) is 8.50. The lowest BCUT2D eigenvalue weighted by molar-refractivity contribution is 0.293. The maximum atomic E-state index is 11.9. The van der Waals surface area contributed by atoms with E-state index < -0.39 is 0 Å². The normalized spacial score (nSPS) is 10.5. The molecule has 2 aromatic heterocycles. The van der Waals surface area contributed by atoms with Gasteiger partial charge in [0.25, 0.3) is 5.56 Å². The summed E-state index contributed by atoms with van der Waals surface area (Å²) in [6.45, 7) is 0.993. The molecule has 3 rings (SSSR count). The quantitative estimate of drug-likeness (QED) is 0.688. The van der Waals surface area contributed by atoms with Crippen molar-refractivity contribution in [1.82, 2.24) is 14.8 Å². The third-order valence-electron chi connectivity index (χ3n) is 3.59. The summed E-state index contributed by atoms with van der Waals surface area (Å²) >= 11 is 3.30. The van der Waals surface area contributed by atoms with Gasteiger partial charge in [0.05, 0.1) is 11.9 Å². The minimum atomic E-state index is -0.188. The highest BCUT2D eigenvalue weighted by Crippen LogP contribution is 2.18. The molecule has 6 nitrogen and oxygen atoms in total. The van der Waals surface area contributed by atoms with E-state index in [1.54, 1.807) is 19.4 Å². The number of halogens is 1. The molecule has 0 atom stereocenters. The summed E-state index contributed by atoms with van der Waals surface area (Å²) in [7, 11) is 1.61. The van der Waals surface area contributed by atoms with Crippen molar-refractivity contribution in [2.45, 2.75) is 13.2 Å². The van der Waals surface area contributed by atoms with Crippen molar-refractivity contribution in [3.63, 3.8) is 0 Å². The van der Waals surface area contributed by atoms with Crippen LogP contribution in [0.5, 0.6) is 5.88 Å². The maximum absolute atomic E-state index is 11.9. The number of pyridine rings is 1. The van der Waals surface area contributed by atoms with E-state index in [0.29, 0.717) is 29.2 Å². The molecule has 0 radical (unpaired) electrons. The molecule has 0 fully saturated rings. The van der Waals surface area contributed by atoms with Gasteiger partial charge in [0.15, 0.2) is 0 Å². The number of aryl methyl sites for hydroxylation is 1. The lowest BCUT2D eigenvalue weighted by Crippen LogP contribution is -2.21. The number of aromatic nitrogens is 3. The van der Waals surface area contributed by atoms with E-state index in [1.165, 1.54) is 4.68 Å². The van der Waals surface area contributed by atoms with Crippen LogP contribution in [0.25, 0.3) is 0 Å². The van der Waals surface area contributed by atoms with E-state index in [2.05, 4.69) is 31.3 Å². The van der Waals surface area contributed by atoms with Crippen molar-refractivity contribution < 1.29 is 4.74 Å². The number of benzene rings is 1. The minimum Gasteiger partial charge on any atom is -0.473 e. The first-order valence-electron chi connectivity index (χ1n) is 7.71. The molecule has 0 bridgehead atoms. The van der Waals surface area contributed by atoms with Gasteiger partial charge >= 0.3 is 0 Å². The number of rotatable bonds is 6. The molecule has 2 heterocycles.